The summed E-state index contributed by atoms with van der Waals surface area (Å²) in [6.07, 6.45) is -7.00. The van der Waals surface area contributed by atoms with E-state index in [2.05, 4.69) is 15.1 Å². The highest BCUT2D eigenvalue weighted by Crippen LogP contribution is 2.28. The predicted octanol–water partition coefficient (Wildman–Crippen LogP) is 3.15. The van der Waals surface area contributed by atoms with Gasteiger partial charge in [-0.1, -0.05) is 6.92 Å². The quantitative estimate of drug-likeness (QED) is 0.577. The lowest BCUT2D eigenvalue weighted by Gasteiger charge is -2.34. The molecular formula is C20H22F6N6O2. The van der Waals surface area contributed by atoms with Crippen LogP contribution in [0.2, 0.25) is 0 Å². The molecule has 34 heavy (non-hydrogen) atoms. The first kappa shape index (κ1) is 25.4. The number of nitrogens with zero attached hydrogens (tertiary/aromatic N) is 6. The average Bonchev–Trinajstić information content (AvgIpc) is 2.78. The number of hydrogen-bond acceptors (Lipinski definition) is 6. The van der Waals surface area contributed by atoms with Crippen LogP contribution in [-0.2, 0) is 17.3 Å². The average molecular weight is 492 g/mol. The zero-order valence-electron chi connectivity index (χ0n) is 18.1. The molecule has 2 aromatic heterocycles. The largest absolute Gasteiger partial charge is 0.507 e. The minimum Gasteiger partial charge on any atom is -0.339 e. The van der Waals surface area contributed by atoms with E-state index in [0.29, 0.717) is 39.0 Å². The van der Waals surface area contributed by atoms with Gasteiger partial charge >= 0.3 is 12.5 Å². The molecule has 2 aromatic rings. The molecule has 3 rings (SSSR count). The van der Waals surface area contributed by atoms with Gasteiger partial charge in [0.15, 0.2) is 0 Å². The van der Waals surface area contributed by atoms with E-state index in [1.807, 2.05) is 0 Å². The molecule has 1 unspecified atom stereocenters. The van der Waals surface area contributed by atoms with E-state index in [0.717, 1.165) is 18.5 Å². The van der Waals surface area contributed by atoms with Gasteiger partial charge in [-0.15, -0.1) is 17.9 Å². The molecule has 0 radical (unpaired) electrons. The van der Waals surface area contributed by atoms with Crippen LogP contribution in [0.25, 0.3) is 0 Å². The van der Waals surface area contributed by atoms with E-state index in [-0.39, 0.29) is 24.0 Å². The summed E-state index contributed by atoms with van der Waals surface area (Å²) in [6.45, 7) is 3.07. The van der Waals surface area contributed by atoms with Crippen molar-refractivity contribution in [2.75, 3.05) is 31.1 Å². The summed E-state index contributed by atoms with van der Waals surface area (Å²) in [5, 5.41) is 3.39. The number of amides is 1. The summed E-state index contributed by atoms with van der Waals surface area (Å²) in [5.74, 6) is -0.370. The molecule has 186 valence electrons. The Bertz CT molecular complexity index is 1050. The second-order valence-corrected chi connectivity index (χ2v) is 7.91. The molecule has 1 fully saturated rings. The van der Waals surface area contributed by atoms with Crippen molar-refractivity contribution in [3.63, 3.8) is 0 Å². The Kier molecular flexibility index (Phi) is 7.46. The molecule has 3 heterocycles. The normalized spacial score (nSPS) is 16.0. The van der Waals surface area contributed by atoms with E-state index in [4.69, 9.17) is 0 Å². The van der Waals surface area contributed by atoms with Crippen LogP contribution in [0.15, 0.2) is 29.3 Å². The number of carbonyl (C=O) groups is 1. The van der Waals surface area contributed by atoms with Crippen molar-refractivity contribution in [2.45, 2.75) is 44.6 Å². The number of piperazine rings is 1. The molecule has 1 saturated heterocycles. The monoisotopic (exact) mass is 492 g/mol. The molecule has 8 nitrogen and oxygen atoms in total. The Morgan fingerprint density at radius 3 is 2.21 bits per heavy atom. The summed E-state index contributed by atoms with van der Waals surface area (Å²) < 4.78 is 75.9. The van der Waals surface area contributed by atoms with Crippen LogP contribution in [0.1, 0.15) is 43.4 Å². The zero-order chi connectivity index (χ0) is 25.1. The summed E-state index contributed by atoms with van der Waals surface area (Å²) in [6, 6.07) is 2.07. The molecule has 0 saturated carbocycles. The summed E-state index contributed by atoms with van der Waals surface area (Å²) in [4.78, 5) is 34.7. The fraction of sp³-hybridized carbons (Fsp3) is 0.550. The van der Waals surface area contributed by atoms with Crippen LogP contribution in [-0.4, -0.2) is 56.7 Å². The third-order valence-electron chi connectivity index (χ3n) is 5.47. The Morgan fingerprint density at radius 2 is 1.65 bits per heavy atom. The van der Waals surface area contributed by atoms with Gasteiger partial charge in [0.2, 0.25) is 11.9 Å². The highest BCUT2D eigenvalue weighted by atomic mass is 19.4. The lowest BCUT2D eigenvalue weighted by Crippen LogP contribution is -2.49. The van der Waals surface area contributed by atoms with Gasteiger partial charge in [0, 0.05) is 57.0 Å². The molecule has 0 aliphatic carbocycles. The predicted molar refractivity (Wildman–Crippen MR) is 108 cm³/mol. The summed E-state index contributed by atoms with van der Waals surface area (Å²) in [7, 11) is 0. The van der Waals surface area contributed by atoms with Crippen LogP contribution in [0, 0.1) is 0 Å². The number of hydrogen-bond donors (Lipinski definition) is 0. The molecule has 0 bridgehead atoms. The van der Waals surface area contributed by atoms with Crippen molar-refractivity contribution in [2.24, 2.45) is 0 Å². The number of alkyl halides is 6. The summed E-state index contributed by atoms with van der Waals surface area (Å²) >= 11 is 0. The Labute approximate surface area is 190 Å². The maximum atomic E-state index is 12.9. The Morgan fingerprint density at radius 1 is 1.03 bits per heavy atom. The minimum absolute atomic E-state index is 0.106. The molecule has 0 spiro atoms. The van der Waals surface area contributed by atoms with Gasteiger partial charge in [0.25, 0.3) is 5.56 Å². The third kappa shape index (κ3) is 6.23. The van der Waals surface area contributed by atoms with Crippen LogP contribution in [0.4, 0.5) is 32.3 Å². The molecule has 14 heteroatoms. The molecule has 1 atom stereocenters. The van der Waals surface area contributed by atoms with E-state index in [1.165, 1.54) is 6.07 Å². The van der Waals surface area contributed by atoms with Crippen molar-refractivity contribution in [1.29, 1.82) is 0 Å². The first-order valence-electron chi connectivity index (χ1n) is 10.5. The molecule has 0 N–H and O–H groups in total. The second kappa shape index (κ2) is 9.97. The summed E-state index contributed by atoms with van der Waals surface area (Å²) in [5.41, 5.74) is -2.10. The fourth-order valence-electron chi connectivity index (χ4n) is 3.52. The van der Waals surface area contributed by atoms with E-state index in [9.17, 15) is 35.9 Å². The zero-order valence-corrected chi connectivity index (χ0v) is 18.1. The molecule has 1 amide bonds. The van der Waals surface area contributed by atoms with Crippen LogP contribution < -0.4 is 10.5 Å². The van der Waals surface area contributed by atoms with E-state index >= 15 is 0 Å². The van der Waals surface area contributed by atoms with Crippen LogP contribution in [0.3, 0.4) is 0 Å². The fourth-order valence-corrected chi connectivity index (χ4v) is 3.52. The van der Waals surface area contributed by atoms with Crippen LogP contribution >= 0.6 is 0 Å². The standard InChI is InChI=1S/C20H22F6N6O2/c1-13(15-5-6-17(34)32(29-15)20(24,25)26)3-2-4-16(33)30-7-9-31(10-8-30)18-27-11-14(12-28-18)19(21,22)23/h5-6,11-13H,2-4,7-10H2,1H3. The number of carbonyl (C=O) groups excluding carboxylic acids is 1. The first-order chi connectivity index (χ1) is 15.9. The van der Waals surface area contributed by atoms with Gasteiger partial charge in [0.1, 0.15) is 0 Å². The highest BCUT2D eigenvalue weighted by molar-refractivity contribution is 5.76. The number of aromatic nitrogens is 4. The van der Waals surface area contributed by atoms with Crippen molar-refractivity contribution < 1.29 is 31.1 Å². The highest BCUT2D eigenvalue weighted by Gasteiger charge is 2.34. The Balaban J connectivity index is 1.46. The van der Waals surface area contributed by atoms with Crippen molar-refractivity contribution in [1.82, 2.24) is 24.6 Å². The molecule has 1 aliphatic heterocycles. The van der Waals surface area contributed by atoms with Gasteiger partial charge in [-0.25, -0.2) is 9.97 Å². The Hall–Kier alpha value is -3.19. The van der Waals surface area contributed by atoms with Gasteiger partial charge < -0.3 is 9.80 Å². The third-order valence-corrected chi connectivity index (χ3v) is 5.47. The lowest BCUT2D eigenvalue weighted by atomic mass is 10.00. The number of rotatable bonds is 6. The number of anilines is 1. The van der Waals surface area contributed by atoms with E-state index < -0.39 is 34.2 Å². The molecule has 0 aromatic carbocycles. The second-order valence-electron chi connectivity index (χ2n) is 7.91. The van der Waals surface area contributed by atoms with Crippen molar-refractivity contribution >= 4 is 11.9 Å². The SMILES string of the molecule is CC(CCCC(=O)N1CCN(c2ncc(C(F)(F)F)cn2)CC1)c1ccc(=O)n(C(F)(F)F)n1. The van der Waals surface area contributed by atoms with Crippen molar-refractivity contribution in [3.05, 3.63) is 46.1 Å². The maximum Gasteiger partial charge on any atom is 0.507 e. The van der Waals surface area contributed by atoms with Gasteiger partial charge in [-0.05, 0) is 18.9 Å². The topological polar surface area (TPSA) is 84.2 Å². The van der Waals surface area contributed by atoms with Gasteiger partial charge in [0.05, 0.1) is 11.3 Å². The van der Waals surface area contributed by atoms with Gasteiger partial charge in [-0.3, -0.25) is 9.59 Å². The van der Waals surface area contributed by atoms with E-state index in [1.54, 1.807) is 16.7 Å². The van der Waals surface area contributed by atoms with Crippen molar-refractivity contribution in [3.8, 4) is 0 Å². The lowest BCUT2D eigenvalue weighted by molar-refractivity contribution is -0.215. The smallest absolute Gasteiger partial charge is 0.339 e. The molecule has 1 aliphatic rings. The first-order valence-corrected chi connectivity index (χ1v) is 10.5. The maximum absolute atomic E-state index is 12.9. The number of halogens is 6. The van der Waals surface area contributed by atoms with Crippen LogP contribution in [0.5, 0.6) is 0 Å². The molecular weight excluding hydrogens is 470 g/mol. The van der Waals surface area contributed by atoms with Gasteiger partial charge in [-0.2, -0.15) is 18.3 Å². The minimum atomic E-state index is -4.91.